The average molecular weight is 310 g/mol. The van der Waals surface area contributed by atoms with Crippen LogP contribution in [0.4, 0.5) is 4.79 Å². The van der Waals surface area contributed by atoms with Gasteiger partial charge in [-0.15, -0.1) is 0 Å². The van der Waals surface area contributed by atoms with E-state index >= 15 is 0 Å². The number of ether oxygens (including phenoxy) is 2. The maximum atomic E-state index is 11.6. The van der Waals surface area contributed by atoms with Crippen molar-refractivity contribution in [2.24, 2.45) is 0 Å². The van der Waals surface area contributed by atoms with Gasteiger partial charge in [0.25, 0.3) is 0 Å². The van der Waals surface area contributed by atoms with E-state index in [1.54, 1.807) is 39.0 Å². The quantitative estimate of drug-likeness (QED) is 0.386. The van der Waals surface area contributed by atoms with Gasteiger partial charge in [-0.3, -0.25) is 10.1 Å². The van der Waals surface area contributed by atoms with Crippen LogP contribution in [0, 0.1) is 10.1 Å². The first-order chi connectivity index (χ1) is 10.2. The Hall–Kier alpha value is -2.64. The normalized spacial score (nSPS) is 12.1. The third kappa shape index (κ3) is 6.21. The summed E-state index contributed by atoms with van der Waals surface area (Å²) in [5, 5.41) is 13.2. The van der Waals surface area contributed by atoms with E-state index in [1.807, 2.05) is 0 Å². The maximum absolute atomic E-state index is 11.6. The smallest absolute Gasteiger partial charge is 0.408 e. The molecule has 8 heteroatoms. The van der Waals surface area contributed by atoms with Gasteiger partial charge in [-0.1, -0.05) is 18.2 Å². The average Bonchev–Trinajstić information content (AvgIpc) is 2.41. The van der Waals surface area contributed by atoms with Crippen molar-refractivity contribution in [1.29, 1.82) is 0 Å². The number of hydrogen-bond donors (Lipinski definition) is 1. The third-order valence-corrected chi connectivity index (χ3v) is 2.30. The largest absolute Gasteiger partial charge is 0.444 e. The van der Waals surface area contributed by atoms with Gasteiger partial charge < -0.3 is 14.8 Å². The van der Waals surface area contributed by atoms with E-state index in [1.165, 1.54) is 12.1 Å². The van der Waals surface area contributed by atoms with Crippen molar-refractivity contribution < 1.29 is 24.0 Å². The number of benzene rings is 1. The molecule has 0 aliphatic carbocycles. The number of alkyl carbamates (subject to hydrolysis) is 1. The number of carbonyl (C=O) groups is 2. The fourth-order valence-corrected chi connectivity index (χ4v) is 1.48. The van der Waals surface area contributed by atoms with E-state index in [-0.39, 0.29) is 5.56 Å². The lowest BCUT2D eigenvalue weighted by Crippen LogP contribution is -2.36. The van der Waals surface area contributed by atoms with Crippen LogP contribution in [-0.2, 0) is 14.3 Å². The Morgan fingerprint density at radius 3 is 2.36 bits per heavy atom. The van der Waals surface area contributed by atoms with E-state index in [4.69, 9.17) is 9.47 Å². The number of hydrogen-bond acceptors (Lipinski definition) is 6. The molecule has 0 heterocycles. The molecule has 8 nitrogen and oxygen atoms in total. The molecule has 0 aliphatic heterocycles. The molecular formula is C14H18N2O6. The lowest BCUT2D eigenvalue weighted by Gasteiger charge is -2.19. The lowest BCUT2D eigenvalue weighted by atomic mass is 10.2. The molecule has 1 rings (SSSR count). The van der Waals surface area contributed by atoms with Crippen molar-refractivity contribution in [1.82, 2.24) is 5.32 Å². The Balaban J connectivity index is 2.55. The zero-order valence-corrected chi connectivity index (χ0v) is 12.6. The molecule has 0 saturated heterocycles. The molecule has 0 fully saturated rings. The van der Waals surface area contributed by atoms with Crippen LogP contribution >= 0.6 is 0 Å². The Morgan fingerprint density at radius 1 is 1.27 bits per heavy atom. The molecule has 1 amide bonds. The molecule has 0 aliphatic rings. The van der Waals surface area contributed by atoms with Crippen LogP contribution < -0.4 is 5.32 Å². The highest BCUT2D eigenvalue weighted by Crippen LogP contribution is 2.17. The molecule has 1 unspecified atom stereocenters. The second-order valence-corrected chi connectivity index (χ2v) is 5.39. The standard InChI is InChI=1S/C14H18N2O6/c1-14(2,3)22-13(18)15-9-11(17)21-12(16(19)20)10-7-5-4-6-8-10/h4-8,12H,9H2,1-3H3,(H,15,18). The minimum Gasteiger partial charge on any atom is -0.444 e. The summed E-state index contributed by atoms with van der Waals surface area (Å²) in [5.41, 5.74) is -0.473. The molecule has 0 radical (unpaired) electrons. The van der Waals surface area contributed by atoms with Gasteiger partial charge in [-0.2, -0.15) is 0 Å². The van der Waals surface area contributed by atoms with E-state index in [0.717, 1.165) is 0 Å². The number of carbonyl (C=O) groups excluding carboxylic acids is 2. The van der Waals surface area contributed by atoms with Crippen LogP contribution in [0.2, 0.25) is 0 Å². The van der Waals surface area contributed by atoms with Crippen LogP contribution in [0.25, 0.3) is 0 Å². The highest BCUT2D eigenvalue weighted by Gasteiger charge is 2.27. The van der Waals surface area contributed by atoms with Crippen molar-refractivity contribution in [2.75, 3.05) is 6.54 Å². The van der Waals surface area contributed by atoms with Crippen LogP contribution in [-0.4, -0.2) is 29.1 Å². The molecular weight excluding hydrogens is 292 g/mol. The van der Waals surface area contributed by atoms with Crippen LogP contribution in [0.3, 0.4) is 0 Å². The first-order valence-electron chi connectivity index (χ1n) is 6.54. The van der Waals surface area contributed by atoms with E-state index < -0.39 is 35.4 Å². The van der Waals surface area contributed by atoms with Gasteiger partial charge in [0.1, 0.15) is 12.1 Å². The highest BCUT2D eigenvalue weighted by molar-refractivity contribution is 5.78. The fourth-order valence-electron chi connectivity index (χ4n) is 1.48. The number of nitrogens with zero attached hydrogens (tertiary/aromatic N) is 1. The first-order valence-corrected chi connectivity index (χ1v) is 6.54. The van der Waals surface area contributed by atoms with Crippen molar-refractivity contribution in [3.63, 3.8) is 0 Å². The highest BCUT2D eigenvalue weighted by atomic mass is 16.7. The summed E-state index contributed by atoms with van der Waals surface area (Å²) in [5.74, 6) is -0.934. The predicted molar refractivity (Wildman–Crippen MR) is 76.5 cm³/mol. The minimum atomic E-state index is -1.62. The zero-order valence-electron chi connectivity index (χ0n) is 12.6. The van der Waals surface area contributed by atoms with Crippen LogP contribution in [0.5, 0.6) is 0 Å². The summed E-state index contributed by atoms with van der Waals surface area (Å²) >= 11 is 0. The van der Waals surface area contributed by atoms with Crippen LogP contribution in [0.15, 0.2) is 30.3 Å². The van der Waals surface area contributed by atoms with Crippen molar-refractivity contribution >= 4 is 12.1 Å². The van der Waals surface area contributed by atoms with Gasteiger partial charge in [-0.25, -0.2) is 9.59 Å². The zero-order chi connectivity index (χ0) is 16.8. The Morgan fingerprint density at radius 2 is 1.86 bits per heavy atom. The first kappa shape index (κ1) is 17.4. The van der Waals surface area contributed by atoms with Crippen molar-refractivity contribution in [3.8, 4) is 0 Å². The monoisotopic (exact) mass is 310 g/mol. The molecule has 1 N–H and O–H groups in total. The van der Waals surface area contributed by atoms with E-state index in [2.05, 4.69) is 5.32 Å². The summed E-state index contributed by atoms with van der Waals surface area (Å²) in [6.07, 6.45) is -2.42. The van der Waals surface area contributed by atoms with Gasteiger partial charge in [-0.05, 0) is 32.9 Å². The van der Waals surface area contributed by atoms with Crippen molar-refractivity contribution in [3.05, 3.63) is 46.0 Å². The number of rotatable bonds is 5. The molecule has 22 heavy (non-hydrogen) atoms. The lowest BCUT2D eigenvalue weighted by molar-refractivity contribution is -0.575. The summed E-state index contributed by atoms with van der Waals surface area (Å²) < 4.78 is 9.70. The fraction of sp³-hybridized carbons (Fsp3) is 0.429. The number of nitrogens with one attached hydrogen (secondary N) is 1. The van der Waals surface area contributed by atoms with Crippen molar-refractivity contribution in [2.45, 2.75) is 32.6 Å². The molecule has 0 saturated carbocycles. The van der Waals surface area contributed by atoms with Gasteiger partial charge >= 0.3 is 18.3 Å². The Kier molecular flexibility index (Phi) is 5.85. The number of amides is 1. The predicted octanol–water partition coefficient (Wildman–Crippen LogP) is 2.03. The molecule has 0 aromatic heterocycles. The number of esters is 1. The molecule has 1 atom stereocenters. The summed E-state index contributed by atoms with van der Waals surface area (Å²) in [7, 11) is 0. The Bertz CT molecular complexity index is 538. The molecule has 0 spiro atoms. The summed E-state index contributed by atoms with van der Waals surface area (Å²) in [4.78, 5) is 33.2. The van der Waals surface area contributed by atoms with Gasteiger partial charge in [0, 0.05) is 0 Å². The van der Waals surface area contributed by atoms with Gasteiger partial charge in [0.15, 0.2) is 0 Å². The topological polar surface area (TPSA) is 108 Å². The molecule has 0 bridgehead atoms. The molecule has 1 aromatic carbocycles. The second-order valence-electron chi connectivity index (χ2n) is 5.39. The summed E-state index contributed by atoms with van der Waals surface area (Å²) in [6, 6.07) is 7.83. The SMILES string of the molecule is CC(C)(C)OC(=O)NCC(=O)OC(c1ccccc1)[N+](=O)[O-]. The Labute approximate surface area is 127 Å². The van der Waals surface area contributed by atoms with Crippen LogP contribution in [0.1, 0.15) is 32.6 Å². The van der Waals surface area contributed by atoms with E-state index in [9.17, 15) is 19.7 Å². The molecule has 1 aromatic rings. The van der Waals surface area contributed by atoms with Gasteiger partial charge in [0.05, 0.1) is 10.5 Å². The maximum Gasteiger partial charge on any atom is 0.408 e. The van der Waals surface area contributed by atoms with Gasteiger partial charge in [0.2, 0.25) is 0 Å². The summed E-state index contributed by atoms with van der Waals surface area (Å²) in [6.45, 7) is 4.49. The third-order valence-electron chi connectivity index (χ3n) is 2.30. The second kappa shape index (κ2) is 7.39. The van der Waals surface area contributed by atoms with E-state index in [0.29, 0.717) is 0 Å². The molecule has 120 valence electrons. The minimum absolute atomic E-state index is 0.234. The number of nitro groups is 1.